The van der Waals surface area contributed by atoms with Gasteiger partial charge in [-0.1, -0.05) is 35.9 Å². The third-order valence-electron chi connectivity index (χ3n) is 6.06. The standard InChI is InChI=1S/C26H34N2O4/c1-20-7-11-22(12-8-20)26(30)28(15-21-9-10-21)18-25-17-27(13-14-31-25)16-23(29)19-32-24-5-3-2-4-6-24/h2-8,11-12,21,23,25,29H,9-10,13-19H2,1H3/t23-,25+/m1/s1. The molecule has 1 heterocycles. The van der Waals surface area contributed by atoms with Gasteiger partial charge in [-0.05, 0) is 49.9 Å². The minimum absolute atomic E-state index is 0.0564. The Morgan fingerprint density at radius 1 is 1.16 bits per heavy atom. The van der Waals surface area contributed by atoms with Crippen LogP contribution < -0.4 is 4.74 Å². The summed E-state index contributed by atoms with van der Waals surface area (Å²) in [5.41, 5.74) is 1.88. The first-order chi connectivity index (χ1) is 15.6. The van der Waals surface area contributed by atoms with Gasteiger partial charge in [0.25, 0.3) is 5.91 Å². The van der Waals surface area contributed by atoms with Crippen LogP contribution in [-0.4, -0.2) is 79.0 Å². The molecule has 1 aliphatic carbocycles. The summed E-state index contributed by atoms with van der Waals surface area (Å²) in [5.74, 6) is 1.45. The summed E-state index contributed by atoms with van der Waals surface area (Å²) in [4.78, 5) is 17.3. The second-order valence-electron chi connectivity index (χ2n) is 9.05. The third-order valence-corrected chi connectivity index (χ3v) is 6.06. The van der Waals surface area contributed by atoms with E-state index in [1.165, 1.54) is 12.8 Å². The van der Waals surface area contributed by atoms with Crippen molar-refractivity contribution in [3.8, 4) is 5.75 Å². The van der Waals surface area contributed by atoms with Crippen LogP contribution in [0.5, 0.6) is 5.75 Å². The Balaban J connectivity index is 1.29. The van der Waals surface area contributed by atoms with E-state index in [1.807, 2.05) is 66.4 Å². The van der Waals surface area contributed by atoms with Gasteiger partial charge in [0.05, 0.1) is 12.7 Å². The van der Waals surface area contributed by atoms with Crippen molar-refractivity contribution >= 4 is 5.91 Å². The van der Waals surface area contributed by atoms with Gasteiger partial charge in [-0.3, -0.25) is 9.69 Å². The maximum atomic E-state index is 13.2. The highest BCUT2D eigenvalue weighted by atomic mass is 16.5. The topological polar surface area (TPSA) is 62.2 Å². The van der Waals surface area contributed by atoms with Crippen molar-refractivity contribution in [3.05, 3.63) is 65.7 Å². The molecule has 1 saturated heterocycles. The number of hydrogen-bond donors (Lipinski definition) is 1. The van der Waals surface area contributed by atoms with E-state index < -0.39 is 6.10 Å². The summed E-state index contributed by atoms with van der Waals surface area (Å²) >= 11 is 0. The van der Waals surface area contributed by atoms with Gasteiger partial charge in [-0.2, -0.15) is 0 Å². The van der Waals surface area contributed by atoms with Gasteiger partial charge in [-0.15, -0.1) is 0 Å². The SMILES string of the molecule is Cc1ccc(C(=O)N(CC2CC2)C[C@@H]2CN(C[C@@H](O)COc3ccccc3)CCO2)cc1. The quantitative estimate of drug-likeness (QED) is 0.618. The van der Waals surface area contributed by atoms with Crippen molar-refractivity contribution in [2.75, 3.05) is 45.9 Å². The number of aryl methyl sites for hydroxylation is 1. The number of amides is 1. The summed E-state index contributed by atoms with van der Waals surface area (Å²) in [7, 11) is 0. The summed E-state index contributed by atoms with van der Waals surface area (Å²) in [6.07, 6.45) is 1.76. The molecule has 0 bridgehead atoms. The van der Waals surface area contributed by atoms with Crippen LogP contribution in [0.3, 0.4) is 0 Å². The van der Waals surface area contributed by atoms with Crippen molar-refractivity contribution in [3.63, 3.8) is 0 Å². The number of aliphatic hydroxyl groups excluding tert-OH is 1. The maximum absolute atomic E-state index is 13.2. The monoisotopic (exact) mass is 438 g/mol. The number of rotatable bonds is 10. The van der Waals surface area contributed by atoms with Gasteiger partial charge < -0.3 is 19.5 Å². The second kappa shape index (κ2) is 10.9. The first kappa shape index (κ1) is 22.8. The molecule has 2 atom stereocenters. The molecule has 2 aromatic carbocycles. The van der Waals surface area contributed by atoms with Crippen molar-refractivity contribution in [2.24, 2.45) is 5.92 Å². The summed E-state index contributed by atoms with van der Waals surface area (Å²) in [6.45, 7) is 6.26. The normalized spacial score (nSPS) is 20.0. The highest BCUT2D eigenvalue weighted by Gasteiger charge is 2.31. The molecule has 2 aromatic rings. The van der Waals surface area contributed by atoms with Gasteiger partial charge in [0, 0.05) is 38.3 Å². The number of ether oxygens (including phenoxy) is 2. The van der Waals surface area contributed by atoms with Crippen molar-refractivity contribution in [1.29, 1.82) is 0 Å². The van der Waals surface area contributed by atoms with E-state index in [0.717, 1.165) is 30.0 Å². The molecule has 1 amide bonds. The van der Waals surface area contributed by atoms with Gasteiger partial charge in [0.2, 0.25) is 0 Å². The molecule has 2 aliphatic rings. The Hall–Kier alpha value is -2.41. The lowest BCUT2D eigenvalue weighted by molar-refractivity contribution is -0.0538. The number of carbonyl (C=O) groups is 1. The molecule has 1 N–H and O–H groups in total. The van der Waals surface area contributed by atoms with Crippen LogP contribution in [0.2, 0.25) is 0 Å². The molecular weight excluding hydrogens is 404 g/mol. The van der Waals surface area contributed by atoms with Crippen LogP contribution in [0.4, 0.5) is 0 Å². The zero-order valence-electron chi connectivity index (χ0n) is 18.9. The van der Waals surface area contributed by atoms with Gasteiger partial charge in [0.15, 0.2) is 0 Å². The van der Waals surface area contributed by atoms with Gasteiger partial charge >= 0.3 is 0 Å². The Kier molecular flexibility index (Phi) is 7.79. The smallest absolute Gasteiger partial charge is 0.253 e. The first-order valence-corrected chi connectivity index (χ1v) is 11.6. The number of hydrogen-bond acceptors (Lipinski definition) is 5. The average molecular weight is 439 g/mol. The zero-order chi connectivity index (χ0) is 22.3. The zero-order valence-corrected chi connectivity index (χ0v) is 18.9. The maximum Gasteiger partial charge on any atom is 0.253 e. The minimum atomic E-state index is -0.578. The number of para-hydroxylation sites is 1. The molecule has 0 unspecified atom stereocenters. The van der Waals surface area contributed by atoms with E-state index in [4.69, 9.17) is 9.47 Å². The number of β-amino-alcohol motifs (C(OH)–C–C–N with tert-alkyl or cyclic N) is 1. The Morgan fingerprint density at radius 2 is 1.91 bits per heavy atom. The molecule has 1 aliphatic heterocycles. The molecule has 32 heavy (non-hydrogen) atoms. The molecule has 0 spiro atoms. The lowest BCUT2D eigenvalue weighted by atomic mass is 10.1. The third kappa shape index (κ3) is 6.79. The van der Waals surface area contributed by atoms with E-state index in [9.17, 15) is 9.90 Å². The van der Waals surface area contributed by atoms with Crippen molar-refractivity contribution in [2.45, 2.75) is 32.0 Å². The van der Waals surface area contributed by atoms with Crippen molar-refractivity contribution in [1.82, 2.24) is 9.80 Å². The molecule has 6 heteroatoms. The summed E-state index contributed by atoms with van der Waals surface area (Å²) < 4.78 is 11.7. The van der Waals surface area contributed by atoms with Crippen LogP contribution >= 0.6 is 0 Å². The number of aliphatic hydroxyl groups is 1. The number of benzene rings is 2. The van der Waals surface area contributed by atoms with Crippen LogP contribution in [0.15, 0.2) is 54.6 Å². The molecule has 1 saturated carbocycles. The summed E-state index contributed by atoms with van der Waals surface area (Å²) in [6, 6.07) is 17.3. The molecule has 6 nitrogen and oxygen atoms in total. The lowest BCUT2D eigenvalue weighted by Gasteiger charge is -2.36. The minimum Gasteiger partial charge on any atom is -0.491 e. The Morgan fingerprint density at radius 3 is 2.62 bits per heavy atom. The van der Waals surface area contributed by atoms with E-state index >= 15 is 0 Å². The van der Waals surface area contributed by atoms with Gasteiger partial charge in [0.1, 0.15) is 18.5 Å². The van der Waals surface area contributed by atoms with E-state index in [2.05, 4.69) is 4.90 Å². The van der Waals surface area contributed by atoms with E-state index in [1.54, 1.807) is 0 Å². The summed E-state index contributed by atoms with van der Waals surface area (Å²) in [5, 5.41) is 10.4. The molecule has 4 rings (SSSR count). The molecular formula is C26H34N2O4. The van der Waals surface area contributed by atoms with Crippen LogP contribution in [0.25, 0.3) is 0 Å². The largest absolute Gasteiger partial charge is 0.491 e. The Labute approximate surface area is 190 Å². The highest BCUT2D eigenvalue weighted by Crippen LogP contribution is 2.30. The lowest BCUT2D eigenvalue weighted by Crippen LogP contribution is -2.51. The van der Waals surface area contributed by atoms with Crippen LogP contribution in [0, 0.1) is 12.8 Å². The fourth-order valence-corrected chi connectivity index (χ4v) is 4.09. The number of nitrogens with zero attached hydrogens (tertiary/aromatic N) is 2. The predicted molar refractivity (Wildman–Crippen MR) is 124 cm³/mol. The fourth-order valence-electron chi connectivity index (χ4n) is 4.09. The van der Waals surface area contributed by atoms with Crippen LogP contribution in [-0.2, 0) is 4.74 Å². The van der Waals surface area contributed by atoms with Gasteiger partial charge in [-0.25, -0.2) is 0 Å². The molecule has 2 fully saturated rings. The number of carbonyl (C=O) groups excluding carboxylic acids is 1. The van der Waals surface area contributed by atoms with Crippen LogP contribution in [0.1, 0.15) is 28.8 Å². The Bertz CT molecular complexity index is 854. The highest BCUT2D eigenvalue weighted by molar-refractivity contribution is 5.94. The van der Waals surface area contributed by atoms with E-state index in [0.29, 0.717) is 32.2 Å². The second-order valence-corrected chi connectivity index (χ2v) is 9.05. The fraction of sp³-hybridized carbons (Fsp3) is 0.500. The molecule has 172 valence electrons. The number of morpholine rings is 1. The predicted octanol–water partition coefficient (Wildman–Crippen LogP) is 2.99. The molecule has 0 aromatic heterocycles. The first-order valence-electron chi connectivity index (χ1n) is 11.6. The average Bonchev–Trinajstić information content (AvgIpc) is 3.62. The van der Waals surface area contributed by atoms with Crippen molar-refractivity contribution < 1.29 is 19.4 Å². The molecule has 0 radical (unpaired) electrons. The van der Waals surface area contributed by atoms with E-state index in [-0.39, 0.29) is 18.6 Å².